The standard InChI is InChI=1S/C26H16Br2Cl2N2/c27-17-5-11-23-21(13-17)25(15-1-7-19(29)8-2-15)26(32-23,16-3-9-20(30)10-4-16)22-14-18(28)6-12-24(22)31-25/h1-14,31-32H/t25-,26+. The van der Waals surface area contributed by atoms with Crippen LogP contribution >= 0.6 is 55.1 Å². The predicted molar refractivity (Wildman–Crippen MR) is 140 cm³/mol. The van der Waals surface area contributed by atoms with Crippen LogP contribution in [0.1, 0.15) is 22.3 Å². The third-order valence-electron chi connectivity index (χ3n) is 6.53. The summed E-state index contributed by atoms with van der Waals surface area (Å²) in [4.78, 5) is 0. The first-order valence-electron chi connectivity index (χ1n) is 10.1. The maximum absolute atomic E-state index is 6.30. The fourth-order valence-electron chi connectivity index (χ4n) is 5.29. The fraction of sp³-hybridized carbons (Fsp3) is 0.0769. The Bertz CT molecular complexity index is 1260. The SMILES string of the molecule is Clc1ccc([C@]23Nc4ccc(Br)cc4[C@]2(c2ccc(Cl)cc2)Nc2ccc(Br)cc23)cc1. The van der Waals surface area contributed by atoms with Crippen molar-refractivity contribution >= 4 is 66.4 Å². The number of fused-ring (bicyclic) bond motifs is 5. The van der Waals surface area contributed by atoms with Crippen LogP contribution in [0.2, 0.25) is 10.0 Å². The van der Waals surface area contributed by atoms with Crippen molar-refractivity contribution in [2.24, 2.45) is 0 Å². The molecule has 0 unspecified atom stereocenters. The van der Waals surface area contributed by atoms with Gasteiger partial charge in [-0.25, -0.2) is 0 Å². The van der Waals surface area contributed by atoms with E-state index in [1.54, 1.807) is 0 Å². The summed E-state index contributed by atoms with van der Waals surface area (Å²) in [5, 5.41) is 9.28. The molecule has 0 aliphatic carbocycles. The van der Waals surface area contributed by atoms with Crippen molar-refractivity contribution in [2.45, 2.75) is 11.1 Å². The zero-order chi connectivity index (χ0) is 22.1. The summed E-state index contributed by atoms with van der Waals surface area (Å²) >= 11 is 20.0. The summed E-state index contributed by atoms with van der Waals surface area (Å²) < 4.78 is 2.05. The van der Waals surface area contributed by atoms with Gasteiger partial charge in [0.1, 0.15) is 11.1 Å². The van der Waals surface area contributed by atoms with E-state index in [1.807, 2.05) is 24.3 Å². The lowest BCUT2D eigenvalue weighted by Crippen LogP contribution is -2.51. The molecular weight excluding hydrogens is 571 g/mol. The molecule has 6 heteroatoms. The minimum absolute atomic E-state index is 0.604. The summed E-state index contributed by atoms with van der Waals surface area (Å²) in [5.41, 5.74) is 5.52. The lowest BCUT2D eigenvalue weighted by molar-refractivity contribution is 0.439. The number of hydrogen-bond acceptors (Lipinski definition) is 2. The van der Waals surface area contributed by atoms with E-state index in [0.29, 0.717) is 10.0 Å². The molecule has 0 fully saturated rings. The molecule has 2 nitrogen and oxygen atoms in total. The molecule has 0 spiro atoms. The molecule has 0 amide bonds. The molecule has 2 aliphatic heterocycles. The van der Waals surface area contributed by atoms with Crippen molar-refractivity contribution in [1.29, 1.82) is 0 Å². The minimum Gasteiger partial charge on any atom is -0.369 e. The van der Waals surface area contributed by atoms with Gasteiger partial charge in [0.2, 0.25) is 0 Å². The molecule has 6 rings (SSSR count). The van der Waals surface area contributed by atoms with E-state index in [1.165, 1.54) is 0 Å². The second kappa shape index (κ2) is 7.26. The second-order valence-corrected chi connectivity index (χ2v) is 10.8. The Morgan fingerprint density at radius 1 is 0.531 bits per heavy atom. The zero-order valence-electron chi connectivity index (χ0n) is 16.6. The molecule has 4 aromatic carbocycles. The van der Waals surface area contributed by atoms with Gasteiger partial charge in [0, 0.05) is 41.5 Å². The molecule has 0 bridgehead atoms. The Balaban J connectivity index is 1.77. The van der Waals surface area contributed by atoms with Crippen LogP contribution in [0.25, 0.3) is 0 Å². The summed E-state index contributed by atoms with van der Waals surface area (Å²) in [7, 11) is 0. The number of benzene rings is 4. The number of rotatable bonds is 2. The average Bonchev–Trinajstić information content (AvgIpc) is 3.22. The van der Waals surface area contributed by atoms with E-state index in [0.717, 1.165) is 42.6 Å². The molecule has 2 N–H and O–H groups in total. The van der Waals surface area contributed by atoms with Crippen molar-refractivity contribution < 1.29 is 0 Å². The van der Waals surface area contributed by atoms with Crippen molar-refractivity contribution in [3.8, 4) is 0 Å². The third-order valence-corrected chi connectivity index (χ3v) is 8.02. The van der Waals surface area contributed by atoms with E-state index >= 15 is 0 Å². The van der Waals surface area contributed by atoms with E-state index in [9.17, 15) is 0 Å². The monoisotopic (exact) mass is 584 g/mol. The molecule has 2 aliphatic rings. The van der Waals surface area contributed by atoms with Gasteiger partial charge >= 0.3 is 0 Å². The van der Waals surface area contributed by atoms with E-state index in [-0.39, 0.29) is 0 Å². The van der Waals surface area contributed by atoms with Gasteiger partial charge in [0.05, 0.1) is 0 Å². The highest BCUT2D eigenvalue weighted by molar-refractivity contribution is 9.10. The Kier molecular flexibility index (Phi) is 4.68. The van der Waals surface area contributed by atoms with E-state index in [4.69, 9.17) is 23.2 Å². The fourth-order valence-corrected chi connectivity index (χ4v) is 6.26. The molecular formula is C26H16Br2Cl2N2. The average molecular weight is 587 g/mol. The van der Waals surface area contributed by atoms with Crippen LogP contribution in [-0.2, 0) is 11.1 Å². The smallest absolute Gasteiger partial charge is 0.122 e. The molecule has 0 radical (unpaired) electrons. The van der Waals surface area contributed by atoms with Crippen LogP contribution in [0.5, 0.6) is 0 Å². The molecule has 4 aromatic rings. The summed E-state index contributed by atoms with van der Waals surface area (Å²) in [6, 6.07) is 29.0. The van der Waals surface area contributed by atoms with Crippen LogP contribution < -0.4 is 10.6 Å². The van der Waals surface area contributed by atoms with Gasteiger partial charge in [-0.3, -0.25) is 0 Å². The first-order valence-corrected chi connectivity index (χ1v) is 12.5. The predicted octanol–water partition coefficient (Wildman–Crippen LogP) is 8.56. The van der Waals surface area contributed by atoms with E-state index < -0.39 is 11.1 Å². The first kappa shape index (κ1) is 20.6. The van der Waals surface area contributed by atoms with Gasteiger partial charge < -0.3 is 10.6 Å². The maximum atomic E-state index is 6.30. The molecule has 0 saturated carbocycles. The number of nitrogens with one attached hydrogen (secondary N) is 2. The maximum Gasteiger partial charge on any atom is 0.122 e. The van der Waals surface area contributed by atoms with Gasteiger partial charge in [0.15, 0.2) is 0 Å². The number of hydrogen-bond donors (Lipinski definition) is 2. The highest BCUT2D eigenvalue weighted by Crippen LogP contribution is 2.64. The molecule has 158 valence electrons. The lowest BCUT2D eigenvalue weighted by atomic mass is 9.66. The van der Waals surface area contributed by atoms with Crippen molar-refractivity contribution in [3.05, 3.63) is 126 Å². The zero-order valence-corrected chi connectivity index (χ0v) is 21.3. The summed E-state index contributed by atoms with van der Waals surface area (Å²) in [5.74, 6) is 0. The molecule has 2 heterocycles. The van der Waals surface area contributed by atoms with Crippen molar-refractivity contribution in [3.63, 3.8) is 0 Å². The highest BCUT2D eigenvalue weighted by Gasteiger charge is 2.65. The molecule has 0 aromatic heterocycles. The second-order valence-electron chi connectivity index (χ2n) is 8.14. The summed E-state index contributed by atoms with van der Waals surface area (Å²) in [6.07, 6.45) is 0. The Morgan fingerprint density at radius 2 is 0.906 bits per heavy atom. The molecule has 2 atom stereocenters. The van der Waals surface area contributed by atoms with Crippen LogP contribution in [-0.4, -0.2) is 0 Å². The molecule has 0 saturated heterocycles. The van der Waals surface area contributed by atoms with Gasteiger partial charge in [-0.2, -0.15) is 0 Å². The van der Waals surface area contributed by atoms with Gasteiger partial charge in [-0.05, 0) is 71.8 Å². The quantitative estimate of drug-likeness (QED) is 0.246. The number of anilines is 2. The van der Waals surface area contributed by atoms with E-state index in [2.05, 4.69) is 103 Å². The summed E-state index contributed by atoms with van der Waals surface area (Å²) in [6.45, 7) is 0. The van der Waals surface area contributed by atoms with Crippen LogP contribution in [0.15, 0.2) is 93.9 Å². The van der Waals surface area contributed by atoms with Crippen LogP contribution in [0.3, 0.4) is 0 Å². The molecule has 32 heavy (non-hydrogen) atoms. The minimum atomic E-state index is -0.604. The van der Waals surface area contributed by atoms with Crippen LogP contribution in [0.4, 0.5) is 11.4 Å². The Hall–Kier alpha value is -1.98. The first-order chi connectivity index (χ1) is 15.4. The highest BCUT2D eigenvalue weighted by atomic mass is 79.9. The van der Waals surface area contributed by atoms with Gasteiger partial charge in [-0.15, -0.1) is 0 Å². The largest absolute Gasteiger partial charge is 0.369 e. The van der Waals surface area contributed by atoms with Crippen molar-refractivity contribution in [1.82, 2.24) is 0 Å². The van der Waals surface area contributed by atoms with Gasteiger partial charge in [0.25, 0.3) is 0 Å². The topological polar surface area (TPSA) is 24.1 Å². The normalized spacial score (nSPS) is 22.5. The van der Waals surface area contributed by atoms with Gasteiger partial charge in [-0.1, -0.05) is 79.3 Å². The third kappa shape index (κ3) is 2.70. The number of halogens is 4. The van der Waals surface area contributed by atoms with Crippen LogP contribution in [0, 0.1) is 0 Å². The lowest BCUT2D eigenvalue weighted by Gasteiger charge is -2.42. The Morgan fingerprint density at radius 3 is 1.28 bits per heavy atom. The Labute approximate surface area is 213 Å². The van der Waals surface area contributed by atoms with Crippen molar-refractivity contribution in [2.75, 3.05) is 10.6 Å².